The summed E-state index contributed by atoms with van der Waals surface area (Å²) >= 11 is 7.02. The van der Waals surface area contributed by atoms with Crippen LogP contribution in [0.4, 0.5) is 0 Å². The van der Waals surface area contributed by atoms with Gasteiger partial charge < -0.3 is 4.57 Å². The first-order valence-electron chi connectivity index (χ1n) is 3.58. The van der Waals surface area contributed by atoms with Crippen LogP contribution in [0.25, 0.3) is 10.8 Å². The van der Waals surface area contributed by atoms with E-state index in [9.17, 15) is 0 Å². The lowest BCUT2D eigenvalue weighted by molar-refractivity contribution is 0.933. The second-order valence-electron chi connectivity index (χ2n) is 2.78. The van der Waals surface area contributed by atoms with Crippen LogP contribution in [0.3, 0.4) is 0 Å². The molecule has 1 aromatic heterocycles. The van der Waals surface area contributed by atoms with Crippen molar-refractivity contribution in [1.29, 1.82) is 0 Å². The lowest BCUT2D eigenvalue weighted by Crippen LogP contribution is -1.76. The standard InChI is InChI=1S/C9H7Br2N/c1-12-4-6-7(5-12)9(11)3-2-8(6)10/h2-5H,1H3. The molecular weight excluding hydrogens is 282 g/mol. The van der Waals surface area contributed by atoms with Gasteiger partial charge in [-0.2, -0.15) is 0 Å². The molecule has 0 amide bonds. The van der Waals surface area contributed by atoms with E-state index in [4.69, 9.17) is 0 Å². The topological polar surface area (TPSA) is 4.93 Å². The van der Waals surface area contributed by atoms with Crippen LogP contribution >= 0.6 is 31.9 Å². The zero-order valence-corrected chi connectivity index (χ0v) is 9.68. The van der Waals surface area contributed by atoms with E-state index < -0.39 is 0 Å². The largest absolute Gasteiger partial charge is 0.356 e. The van der Waals surface area contributed by atoms with Crippen LogP contribution in [-0.4, -0.2) is 4.57 Å². The summed E-state index contributed by atoms with van der Waals surface area (Å²) in [6.07, 6.45) is 4.20. The number of aryl methyl sites for hydroxylation is 1. The number of fused-ring (bicyclic) bond motifs is 1. The Morgan fingerprint density at radius 2 is 1.42 bits per heavy atom. The summed E-state index contributed by atoms with van der Waals surface area (Å²) in [5.74, 6) is 0. The normalized spacial score (nSPS) is 10.9. The van der Waals surface area contributed by atoms with E-state index in [1.54, 1.807) is 0 Å². The highest BCUT2D eigenvalue weighted by Gasteiger charge is 2.03. The maximum Gasteiger partial charge on any atom is 0.0269 e. The Bertz CT molecular complexity index is 392. The zero-order chi connectivity index (χ0) is 8.72. The maximum atomic E-state index is 3.51. The highest BCUT2D eigenvalue weighted by molar-refractivity contribution is 9.11. The molecule has 0 radical (unpaired) electrons. The number of hydrogen-bond acceptors (Lipinski definition) is 0. The van der Waals surface area contributed by atoms with E-state index in [1.807, 2.05) is 19.2 Å². The molecule has 0 fully saturated rings. The van der Waals surface area contributed by atoms with Crippen molar-refractivity contribution < 1.29 is 0 Å². The smallest absolute Gasteiger partial charge is 0.0269 e. The predicted octanol–water partition coefficient (Wildman–Crippen LogP) is 3.70. The van der Waals surface area contributed by atoms with Gasteiger partial charge in [0.1, 0.15) is 0 Å². The molecule has 2 rings (SSSR count). The van der Waals surface area contributed by atoms with Gasteiger partial charge >= 0.3 is 0 Å². The maximum absolute atomic E-state index is 3.51. The van der Waals surface area contributed by atoms with Crippen LogP contribution in [0.15, 0.2) is 33.5 Å². The molecule has 0 saturated heterocycles. The van der Waals surface area contributed by atoms with Crippen LogP contribution < -0.4 is 0 Å². The number of aromatic nitrogens is 1. The minimum atomic E-state index is 1.14. The van der Waals surface area contributed by atoms with Gasteiger partial charge in [-0.1, -0.05) is 31.9 Å². The van der Waals surface area contributed by atoms with Crippen molar-refractivity contribution in [2.75, 3.05) is 0 Å². The lowest BCUT2D eigenvalue weighted by atomic mass is 10.2. The van der Waals surface area contributed by atoms with E-state index in [-0.39, 0.29) is 0 Å². The molecule has 1 nitrogen and oxygen atoms in total. The minimum absolute atomic E-state index is 1.14. The first-order valence-corrected chi connectivity index (χ1v) is 5.17. The van der Waals surface area contributed by atoms with Gasteiger partial charge in [0.05, 0.1) is 0 Å². The van der Waals surface area contributed by atoms with E-state index in [1.165, 1.54) is 10.8 Å². The third-order valence-electron chi connectivity index (χ3n) is 1.85. The molecule has 0 N–H and O–H groups in total. The summed E-state index contributed by atoms with van der Waals surface area (Å²) in [6.45, 7) is 0. The highest BCUT2D eigenvalue weighted by Crippen LogP contribution is 2.30. The number of benzene rings is 1. The monoisotopic (exact) mass is 287 g/mol. The third-order valence-corrected chi connectivity index (χ3v) is 3.23. The highest BCUT2D eigenvalue weighted by atomic mass is 79.9. The van der Waals surface area contributed by atoms with Crippen molar-refractivity contribution in [3.63, 3.8) is 0 Å². The lowest BCUT2D eigenvalue weighted by Gasteiger charge is -1.94. The van der Waals surface area contributed by atoms with E-state index >= 15 is 0 Å². The molecule has 0 aliphatic rings. The van der Waals surface area contributed by atoms with Gasteiger partial charge in [-0.25, -0.2) is 0 Å². The Morgan fingerprint density at radius 3 is 1.83 bits per heavy atom. The van der Waals surface area contributed by atoms with E-state index in [0.29, 0.717) is 0 Å². The molecule has 0 aliphatic carbocycles. The molecule has 3 heteroatoms. The number of rotatable bonds is 0. The predicted molar refractivity (Wildman–Crippen MR) is 58.3 cm³/mol. The van der Waals surface area contributed by atoms with Gasteiger partial charge in [0.25, 0.3) is 0 Å². The van der Waals surface area contributed by atoms with Crippen LogP contribution in [0.2, 0.25) is 0 Å². The molecule has 0 unspecified atom stereocenters. The fraction of sp³-hybridized carbons (Fsp3) is 0.111. The molecule has 0 saturated carbocycles. The SMILES string of the molecule is Cn1cc2c(Br)ccc(Br)c2c1. The molecule has 1 heterocycles. The molecule has 12 heavy (non-hydrogen) atoms. The van der Waals surface area contributed by atoms with Gasteiger partial charge in [-0.15, -0.1) is 0 Å². The second-order valence-corrected chi connectivity index (χ2v) is 4.49. The fourth-order valence-electron chi connectivity index (χ4n) is 1.29. The summed E-state index contributed by atoms with van der Waals surface area (Å²) in [7, 11) is 2.03. The van der Waals surface area contributed by atoms with Crippen molar-refractivity contribution >= 4 is 42.6 Å². The van der Waals surface area contributed by atoms with Gasteiger partial charge in [-0.3, -0.25) is 0 Å². The number of halogens is 2. The average Bonchev–Trinajstić information content (AvgIpc) is 2.41. The summed E-state index contributed by atoms with van der Waals surface area (Å²) in [5, 5.41) is 2.48. The van der Waals surface area contributed by atoms with Crippen LogP contribution in [0.5, 0.6) is 0 Å². The zero-order valence-electron chi connectivity index (χ0n) is 6.51. The first-order chi connectivity index (χ1) is 5.68. The van der Waals surface area contributed by atoms with E-state index in [2.05, 4.69) is 48.8 Å². The minimum Gasteiger partial charge on any atom is -0.356 e. The molecule has 1 aromatic carbocycles. The molecule has 0 atom stereocenters. The molecule has 0 bridgehead atoms. The summed E-state index contributed by atoms with van der Waals surface area (Å²) in [6, 6.07) is 4.10. The molecule has 62 valence electrons. The van der Waals surface area contributed by atoms with Crippen LogP contribution in [0, 0.1) is 0 Å². The van der Waals surface area contributed by atoms with Gasteiger partial charge in [-0.05, 0) is 12.1 Å². The number of nitrogens with zero attached hydrogens (tertiary/aromatic N) is 1. The van der Waals surface area contributed by atoms with Crippen molar-refractivity contribution in [2.24, 2.45) is 7.05 Å². The molecular formula is C9H7Br2N. The van der Waals surface area contributed by atoms with Crippen molar-refractivity contribution in [1.82, 2.24) is 4.57 Å². The quantitative estimate of drug-likeness (QED) is 0.697. The van der Waals surface area contributed by atoms with Crippen molar-refractivity contribution in [3.05, 3.63) is 33.5 Å². The Balaban J connectivity index is 2.93. The summed E-state index contributed by atoms with van der Waals surface area (Å²) in [4.78, 5) is 0. The Hall–Kier alpha value is -0.280. The third kappa shape index (κ3) is 1.21. The summed E-state index contributed by atoms with van der Waals surface area (Å²) in [5.41, 5.74) is 0. The van der Waals surface area contributed by atoms with Crippen LogP contribution in [-0.2, 0) is 7.05 Å². The van der Waals surface area contributed by atoms with E-state index in [0.717, 1.165) is 8.95 Å². The van der Waals surface area contributed by atoms with Gasteiger partial charge in [0.2, 0.25) is 0 Å². The molecule has 0 aliphatic heterocycles. The number of hydrogen-bond donors (Lipinski definition) is 0. The molecule has 0 spiro atoms. The second kappa shape index (κ2) is 2.89. The first kappa shape index (κ1) is 8.32. The Labute approximate surface area is 87.6 Å². The van der Waals surface area contributed by atoms with Gasteiger partial charge in [0.15, 0.2) is 0 Å². The van der Waals surface area contributed by atoms with Crippen molar-refractivity contribution in [2.45, 2.75) is 0 Å². The van der Waals surface area contributed by atoms with Gasteiger partial charge in [0, 0.05) is 39.2 Å². The molecule has 2 aromatic rings. The van der Waals surface area contributed by atoms with Crippen molar-refractivity contribution in [3.8, 4) is 0 Å². The Morgan fingerprint density at radius 1 is 1.00 bits per heavy atom. The Kier molecular flexibility index (Phi) is 2.00. The average molecular weight is 289 g/mol. The summed E-state index contributed by atoms with van der Waals surface area (Å²) < 4.78 is 4.34. The van der Waals surface area contributed by atoms with Crippen LogP contribution in [0.1, 0.15) is 0 Å². The fourth-order valence-corrected chi connectivity index (χ4v) is 2.19.